The summed E-state index contributed by atoms with van der Waals surface area (Å²) in [5.41, 5.74) is 0.572. The van der Waals surface area contributed by atoms with E-state index in [1.54, 1.807) is 75.4 Å². The molecule has 11 heteroatoms. The van der Waals surface area contributed by atoms with Crippen molar-refractivity contribution in [2.24, 2.45) is 5.92 Å². The average molecular weight is 598 g/mol. The summed E-state index contributed by atoms with van der Waals surface area (Å²) in [7, 11) is 1.38. The number of carboxylic acid groups (broad SMARTS) is 1. The molecule has 0 saturated heterocycles. The first-order valence-corrected chi connectivity index (χ1v) is 14.2. The van der Waals surface area contributed by atoms with E-state index in [-0.39, 0.29) is 25.4 Å². The summed E-state index contributed by atoms with van der Waals surface area (Å²) in [5, 5.41) is 14.9. The van der Waals surface area contributed by atoms with E-state index in [2.05, 4.69) is 10.6 Å². The SMILES string of the molecule is CC(C)C[C@@H](C(=O)O)N(C)C(=O)[C@@H](Cc1ccccc1)NC(=O)[C@H](CC(=O)OCc1ccccc1)NC(=O)OC(C)(C)C. The van der Waals surface area contributed by atoms with Crippen LogP contribution in [0.15, 0.2) is 60.7 Å². The third-order valence-electron chi connectivity index (χ3n) is 6.31. The minimum atomic E-state index is -1.44. The molecule has 0 bridgehead atoms. The predicted molar refractivity (Wildman–Crippen MR) is 160 cm³/mol. The highest BCUT2D eigenvalue weighted by atomic mass is 16.6. The van der Waals surface area contributed by atoms with Crippen molar-refractivity contribution in [3.05, 3.63) is 71.8 Å². The first kappa shape index (κ1) is 34.8. The van der Waals surface area contributed by atoms with E-state index < -0.39 is 60.0 Å². The summed E-state index contributed by atoms with van der Waals surface area (Å²) < 4.78 is 10.6. The van der Waals surface area contributed by atoms with Gasteiger partial charge in [0.2, 0.25) is 11.8 Å². The maximum absolute atomic E-state index is 13.7. The molecule has 2 rings (SSSR count). The van der Waals surface area contributed by atoms with Crippen LogP contribution in [-0.2, 0) is 41.7 Å². The normalized spacial score (nSPS) is 13.3. The largest absolute Gasteiger partial charge is 0.480 e. The van der Waals surface area contributed by atoms with Gasteiger partial charge < -0.3 is 30.1 Å². The quantitative estimate of drug-likeness (QED) is 0.279. The first-order valence-electron chi connectivity index (χ1n) is 14.2. The Bertz CT molecular complexity index is 1230. The van der Waals surface area contributed by atoms with Crippen LogP contribution in [-0.4, -0.2) is 70.6 Å². The van der Waals surface area contributed by atoms with Crippen molar-refractivity contribution in [2.45, 2.75) is 84.2 Å². The van der Waals surface area contributed by atoms with E-state index in [9.17, 15) is 29.1 Å². The molecule has 3 amide bonds. The fourth-order valence-electron chi connectivity index (χ4n) is 4.22. The second kappa shape index (κ2) is 16.3. The Kier molecular flexibility index (Phi) is 13.2. The van der Waals surface area contributed by atoms with Crippen LogP contribution in [0.1, 0.15) is 58.6 Å². The molecule has 0 aliphatic carbocycles. The number of nitrogens with zero attached hydrogens (tertiary/aromatic N) is 1. The molecular formula is C32H43N3O8. The van der Waals surface area contributed by atoms with E-state index in [4.69, 9.17) is 9.47 Å². The number of aliphatic carboxylic acids is 1. The first-order chi connectivity index (χ1) is 20.2. The number of ether oxygens (including phenoxy) is 2. The van der Waals surface area contributed by atoms with Crippen molar-refractivity contribution in [1.82, 2.24) is 15.5 Å². The molecule has 0 aromatic heterocycles. The van der Waals surface area contributed by atoms with Crippen molar-refractivity contribution < 1.29 is 38.6 Å². The Morgan fingerprint density at radius 3 is 1.93 bits per heavy atom. The van der Waals surface area contributed by atoms with Gasteiger partial charge in [0.15, 0.2) is 0 Å². The number of hydrogen-bond donors (Lipinski definition) is 3. The van der Waals surface area contributed by atoms with Crippen LogP contribution in [0.4, 0.5) is 4.79 Å². The number of nitrogens with one attached hydrogen (secondary N) is 2. The average Bonchev–Trinajstić information content (AvgIpc) is 2.93. The molecule has 0 radical (unpaired) electrons. The molecule has 0 fully saturated rings. The number of carbonyl (C=O) groups excluding carboxylic acids is 4. The Balaban J connectivity index is 2.31. The minimum Gasteiger partial charge on any atom is -0.480 e. The number of amides is 3. The zero-order valence-corrected chi connectivity index (χ0v) is 25.7. The lowest BCUT2D eigenvalue weighted by molar-refractivity contribution is -0.151. The number of esters is 1. The predicted octanol–water partition coefficient (Wildman–Crippen LogP) is 3.70. The summed E-state index contributed by atoms with van der Waals surface area (Å²) >= 11 is 0. The molecule has 2 aromatic rings. The van der Waals surface area contributed by atoms with Crippen LogP contribution in [0.3, 0.4) is 0 Å². The van der Waals surface area contributed by atoms with Crippen LogP contribution in [0.5, 0.6) is 0 Å². The number of carbonyl (C=O) groups is 5. The fourth-order valence-corrected chi connectivity index (χ4v) is 4.22. The van der Waals surface area contributed by atoms with Gasteiger partial charge >= 0.3 is 18.0 Å². The van der Waals surface area contributed by atoms with Crippen LogP contribution in [0.25, 0.3) is 0 Å². The maximum atomic E-state index is 13.7. The summed E-state index contributed by atoms with van der Waals surface area (Å²) in [4.78, 5) is 65.7. The second-order valence-corrected chi connectivity index (χ2v) is 11.7. The van der Waals surface area contributed by atoms with E-state index in [1.807, 2.05) is 19.9 Å². The van der Waals surface area contributed by atoms with Gasteiger partial charge in [-0.25, -0.2) is 9.59 Å². The van der Waals surface area contributed by atoms with Crippen LogP contribution >= 0.6 is 0 Å². The van der Waals surface area contributed by atoms with Gasteiger partial charge in [0.1, 0.15) is 30.3 Å². The number of alkyl carbamates (subject to hydrolysis) is 1. The highest BCUT2D eigenvalue weighted by Gasteiger charge is 2.35. The monoisotopic (exact) mass is 597 g/mol. The minimum absolute atomic E-state index is 0.0113. The van der Waals surface area contributed by atoms with E-state index >= 15 is 0 Å². The number of carboxylic acids is 1. The van der Waals surface area contributed by atoms with E-state index in [0.29, 0.717) is 5.56 Å². The van der Waals surface area contributed by atoms with Crippen molar-refractivity contribution in [1.29, 1.82) is 0 Å². The number of benzene rings is 2. The lowest BCUT2D eigenvalue weighted by Gasteiger charge is -2.31. The third-order valence-corrected chi connectivity index (χ3v) is 6.31. The van der Waals surface area contributed by atoms with Crippen molar-refractivity contribution in [3.63, 3.8) is 0 Å². The van der Waals surface area contributed by atoms with Gasteiger partial charge in [0.05, 0.1) is 6.42 Å². The molecule has 43 heavy (non-hydrogen) atoms. The number of rotatable bonds is 14. The Morgan fingerprint density at radius 2 is 1.42 bits per heavy atom. The molecule has 0 unspecified atom stereocenters. The van der Waals surface area contributed by atoms with E-state index in [1.165, 1.54) is 7.05 Å². The lowest BCUT2D eigenvalue weighted by Crippen LogP contribution is -2.57. The molecule has 0 saturated carbocycles. The third kappa shape index (κ3) is 12.6. The van der Waals surface area contributed by atoms with Crippen molar-refractivity contribution in [3.8, 4) is 0 Å². The molecular weight excluding hydrogens is 554 g/mol. The van der Waals surface area contributed by atoms with Gasteiger partial charge in [0, 0.05) is 13.5 Å². The maximum Gasteiger partial charge on any atom is 0.408 e. The molecule has 2 aromatic carbocycles. The Morgan fingerprint density at radius 1 is 0.860 bits per heavy atom. The van der Waals surface area contributed by atoms with Crippen LogP contribution in [0, 0.1) is 5.92 Å². The van der Waals surface area contributed by atoms with Gasteiger partial charge in [-0.3, -0.25) is 14.4 Å². The molecule has 234 valence electrons. The molecule has 0 spiro atoms. The summed E-state index contributed by atoms with van der Waals surface area (Å²) in [5.74, 6) is -3.40. The van der Waals surface area contributed by atoms with Gasteiger partial charge in [-0.15, -0.1) is 0 Å². The second-order valence-electron chi connectivity index (χ2n) is 11.7. The lowest BCUT2D eigenvalue weighted by atomic mass is 10.00. The van der Waals surface area contributed by atoms with Gasteiger partial charge in [-0.1, -0.05) is 74.5 Å². The van der Waals surface area contributed by atoms with E-state index in [0.717, 1.165) is 10.5 Å². The molecule has 0 aliphatic heterocycles. The van der Waals surface area contributed by atoms with Gasteiger partial charge in [-0.2, -0.15) is 0 Å². The Labute approximate surface area is 252 Å². The van der Waals surface area contributed by atoms with Gasteiger partial charge in [0.25, 0.3) is 0 Å². The van der Waals surface area contributed by atoms with Crippen LogP contribution < -0.4 is 10.6 Å². The standard InChI is InChI=1S/C32H43N3O8/c1-21(2)17-26(30(39)40)35(6)29(38)25(18-22-13-9-7-10-14-22)33-28(37)24(34-31(41)43-32(3,4)5)19-27(36)42-20-23-15-11-8-12-16-23/h7-16,21,24-26H,17-20H2,1-6H3,(H,33,37)(H,34,41)(H,39,40)/t24-,25+,26-/m0/s1. The molecule has 3 N–H and O–H groups in total. The fraction of sp³-hybridized carbons (Fsp3) is 0.469. The highest BCUT2D eigenvalue weighted by Crippen LogP contribution is 2.15. The summed E-state index contributed by atoms with van der Waals surface area (Å²) in [6.45, 7) is 8.61. The zero-order chi connectivity index (χ0) is 32.2. The Hall–Kier alpha value is -4.41. The molecule has 0 aliphatic rings. The number of likely N-dealkylation sites (N-methyl/N-ethyl adjacent to an activating group) is 1. The van der Waals surface area contributed by atoms with Crippen molar-refractivity contribution >= 4 is 29.8 Å². The number of hydrogen-bond acceptors (Lipinski definition) is 7. The zero-order valence-electron chi connectivity index (χ0n) is 25.7. The topological polar surface area (TPSA) is 151 Å². The highest BCUT2D eigenvalue weighted by molar-refractivity contribution is 5.94. The molecule has 0 heterocycles. The summed E-state index contributed by atoms with van der Waals surface area (Å²) in [6, 6.07) is 14.1. The molecule has 11 nitrogen and oxygen atoms in total. The van der Waals surface area contributed by atoms with Crippen molar-refractivity contribution in [2.75, 3.05) is 7.05 Å². The molecule has 3 atom stereocenters. The van der Waals surface area contributed by atoms with Gasteiger partial charge in [-0.05, 0) is 44.2 Å². The smallest absolute Gasteiger partial charge is 0.408 e. The summed E-state index contributed by atoms with van der Waals surface area (Å²) in [6.07, 6.45) is -1.22. The van der Waals surface area contributed by atoms with Crippen LogP contribution in [0.2, 0.25) is 0 Å².